The van der Waals surface area contributed by atoms with Crippen LogP contribution < -0.4 is 5.73 Å². The van der Waals surface area contributed by atoms with Crippen LogP contribution in [-0.2, 0) is 4.74 Å². The van der Waals surface area contributed by atoms with Gasteiger partial charge in [-0.15, -0.1) is 0 Å². The van der Waals surface area contributed by atoms with Crippen LogP contribution in [0, 0.1) is 0 Å². The molecule has 0 aliphatic rings. The zero-order valence-electron chi connectivity index (χ0n) is 6.29. The SMILES string of the molecule is C=C(C)OC(C=NC)=CN. The summed E-state index contributed by atoms with van der Waals surface area (Å²) in [5.41, 5.74) is 5.19. The van der Waals surface area contributed by atoms with Crippen LogP contribution in [0.1, 0.15) is 6.92 Å². The Labute approximate surface area is 60.9 Å². The first-order valence-electron chi connectivity index (χ1n) is 2.88. The van der Waals surface area contributed by atoms with Gasteiger partial charge in [-0.1, -0.05) is 6.58 Å². The molecule has 0 saturated carbocycles. The highest BCUT2D eigenvalue weighted by atomic mass is 16.5. The van der Waals surface area contributed by atoms with Crippen molar-refractivity contribution in [2.24, 2.45) is 10.7 Å². The summed E-state index contributed by atoms with van der Waals surface area (Å²) in [6.45, 7) is 5.29. The Kier molecular flexibility index (Phi) is 4.04. The standard InChI is InChI=1S/C7H12N2O/c1-6(2)10-7(4-8)5-9-3/h4-5H,1,8H2,2-3H3. The van der Waals surface area contributed by atoms with Gasteiger partial charge in [-0.25, -0.2) is 0 Å². The predicted molar refractivity (Wildman–Crippen MR) is 42.6 cm³/mol. The highest BCUT2D eigenvalue weighted by Gasteiger charge is 1.90. The Morgan fingerprint density at radius 1 is 1.70 bits per heavy atom. The number of nitrogens with two attached hydrogens (primary N) is 1. The van der Waals surface area contributed by atoms with Gasteiger partial charge in [-0.2, -0.15) is 0 Å². The van der Waals surface area contributed by atoms with Crippen LogP contribution in [0.25, 0.3) is 0 Å². The molecule has 0 fully saturated rings. The van der Waals surface area contributed by atoms with Crippen molar-refractivity contribution in [3.8, 4) is 0 Å². The maximum Gasteiger partial charge on any atom is 0.160 e. The van der Waals surface area contributed by atoms with Gasteiger partial charge in [0.25, 0.3) is 0 Å². The van der Waals surface area contributed by atoms with E-state index in [2.05, 4.69) is 11.6 Å². The van der Waals surface area contributed by atoms with E-state index in [1.807, 2.05) is 0 Å². The van der Waals surface area contributed by atoms with Gasteiger partial charge in [0.05, 0.1) is 12.0 Å². The summed E-state index contributed by atoms with van der Waals surface area (Å²) in [5.74, 6) is 1.10. The van der Waals surface area contributed by atoms with Crippen molar-refractivity contribution >= 4 is 6.21 Å². The van der Waals surface area contributed by atoms with Crippen molar-refractivity contribution in [2.45, 2.75) is 6.92 Å². The lowest BCUT2D eigenvalue weighted by Gasteiger charge is -2.01. The van der Waals surface area contributed by atoms with E-state index >= 15 is 0 Å². The lowest BCUT2D eigenvalue weighted by molar-refractivity contribution is 0.334. The third-order valence-corrected chi connectivity index (χ3v) is 0.713. The monoisotopic (exact) mass is 140 g/mol. The average Bonchev–Trinajstić information content (AvgIpc) is 1.86. The molecule has 56 valence electrons. The predicted octanol–water partition coefficient (Wildman–Crippen LogP) is 1.04. The molecule has 0 aliphatic heterocycles. The fraction of sp³-hybridized carbons (Fsp3) is 0.286. The van der Waals surface area contributed by atoms with Crippen molar-refractivity contribution < 1.29 is 4.74 Å². The molecule has 0 aliphatic carbocycles. The van der Waals surface area contributed by atoms with Crippen LogP contribution in [0.2, 0.25) is 0 Å². The van der Waals surface area contributed by atoms with Crippen LogP contribution in [-0.4, -0.2) is 13.3 Å². The van der Waals surface area contributed by atoms with Crippen LogP contribution >= 0.6 is 0 Å². The van der Waals surface area contributed by atoms with Gasteiger partial charge in [0.1, 0.15) is 0 Å². The second kappa shape index (κ2) is 4.61. The summed E-state index contributed by atoms with van der Waals surface area (Å²) in [5, 5.41) is 0. The molecule has 0 unspecified atom stereocenters. The van der Waals surface area contributed by atoms with E-state index in [0.717, 1.165) is 0 Å². The molecular formula is C7H12N2O. The number of hydrogen-bond acceptors (Lipinski definition) is 3. The summed E-state index contributed by atoms with van der Waals surface area (Å²) >= 11 is 0. The van der Waals surface area contributed by atoms with Crippen LogP contribution in [0.3, 0.4) is 0 Å². The Morgan fingerprint density at radius 2 is 2.30 bits per heavy atom. The molecule has 0 aromatic heterocycles. The number of aliphatic imine (C=N–C) groups is 1. The smallest absolute Gasteiger partial charge is 0.160 e. The minimum atomic E-state index is 0.509. The fourth-order valence-corrected chi connectivity index (χ4v) is 0.432. The molecule has 0 radical (unpaired) electrons. The molecule has 0 spiro atoms. The molecule has 0 amide bonds. The highest BCUT2D eigenvalue weighted by Crippen LogP contribution is 1.98. The minimum Gasteiger partial charge on any atom is -0.460 e. The first kappa shape index (κ1) is 8.75. The molecule has 0 aromatic carbocycles. The van der Waals surface area contributed by atoms with Gasteiger partial charge in [0.2, 0.25) is 0 Å². The number of nitrogens with zero attached hydrogens (tertiary/aromatic N) is 1. The van der Waals surface area contributed by atoms with E-state index < -0.39 is 0 Å². The van der Waals surface area contributed by atoms with Crippen LogP contribution in [0.4, 0.5) is 0 Å². The van der Waals surface area contributed by atoms with E-state index in [1.165, 1.54) is 12.4 Å². The lowest BCUT2D eigenvalue weighted by Crippen LogP contribution is -1.94. The molecule has 10 heavy (non-hydrogen) atoms. The van der Waals surface area contributed by atoms with Gasteiger partial charge in [0.15, 0.2) is 5.76 Å². The van der Waals surface area contributed by atoms with E-state index in [0.29, 0.717) is 11.5 Å². The maximum atomic E-state index is 5.19. The largest absolute Gasteiger partial charge is 0.460 e. The molecule has 0 aromatic rings. The fourth-order valence-electron chi connectivity index (χ4n) is 0.432. The highest BCUT2D eigenvalue weighted by molar-refractivity contribution is 5.75. The number of rotatable bonds is 3. The summed E-state index contributed by atoms with van der Waals surface area (Å²) in [4.78, 5) is 3.72. The van der Waals surface area contributed by atoms with Crippen molar-refractivity contribution in [1.29, 1.82) is 0 Å². The number of hydrogen-bond donors (Lipinski definition) is 1. The molecular weight excluding hydrogens is 128 g/mol. The third-order valence-electron chi connectivity index (χ3n) is 0.713. The van der Waals surface area contributed by atoms with Crippen molar-refractivity contribution in [3.63, 3.8) is 0 Å². The van der Waals surface area contributed by atoms with Crippen molar-refractivity contribution in [1.82, 2.24) is 0 Å². The normalized spacial score (nSPS) is 12.0. The molecule has 3 nitrogen and oxygen atoms in total. The van der Waals surface area contributed by atoms with Gasteiger partial charge in [0, 0.05) is 13.2 Å². The number of ether oxygens (including phenoxy) is 1. The Hall–Kier alpha value is -1.25. The Balaban J connectivity index is 3.98. The van der Waals surface area contributed by atoms with Crippen molar-refractivity contribution in [3.05, 3.63) is 24.3 Å². The summed E-state index contributed by atoms with van der Waals surface area (Å²) in [6.07, 6.45) is 2.86. The van der Waals surface area contributed by atoms with E-state index in [9.17, 15) is 0 Å². The first-order chi connectivity index (χ1) is 4.70. The van der Waals surface area contributed by atoms with Crippen LogP contribution in [0.5, 0.6) is 0 Å². The van der Waals surface area contributed by atoms with Gasteiger partial charge < -0.3 is 10.5 Å². The lowest BCUT2D eigenvalue weighted by atomic mass is 10.5. The average molecular weight is 140 g/mol. The van der Waals surface area contributed by atoms with E-state index in [1.54, 1.807) is 14.0 Å². The quantitative estimate of drug-likeness (QED) is 0.470. The van der Waals surface area contributed by atoms with E-state index in [-0.39, 0.29) is 0 Å². The van der Waals surface area contributed by atoms with Crippen molar-refractivity contribution in [2.75, 3.05) is 7.05 Å². The molecule has 0 saturated heterocycles. The molecule has 2 N–H and O–H groups in total. The summed E-state index contributed by atoms with van der Waals surface area (Å²) < 4.78 is 5.03. The molecule has 0 rings (SSSR count). The number of allylic oxidation sites excluding steroid dienone is 2. The Morgan fingerprint density at radius 3 is 2.60 bits per heavy atom. The summed E-state index contributed by atoms with van der Waals surface area (Å²) in [7, 11) is 1.64. The second-order valence-electron chi connectivity index (χ2n) is 1.76. The van der Waals surface area contributed by atoms with E-state index in [4.69, 9.17) is 10.5 Å². The summed E-state index contributed by atoms with van der Waals surface area (Å²) in [6, 6.07) is 0. The van der Waals surface area contributed by atoms with Crippen LogP contribution in [0.15, 0.2) is 29.3 Å². The zero-order valence-corrected chi connectivity index (χ0v) is 6.29. The second-order valence-corrected chi connectivity index (χ2v) is 1.76. The third kappa shape index (κ3) is 3.72. The minimum absolute atomic E-state index is 0.509. The van der Waals surface area contributed by atoms with Gasteiger partial charge in [-0.05, 0) is 6.92 Å². The topological polar surface area (TPSA) is 47.6 Å². The molecule has 0 bridgehead atoms. The molecule has 3 heteroatoms. The van der Waals surface area contributed by atoms with Gasteiger partial charge in [-0.3, -0.25) is 4.99 Å². The Bertz CT molecular complexity index is 170. The molecule has 0 atom stereocenters. The first-order valence-corrected chi connectivity index (χ1v) is 2.88. The maximum absolute atomic E-state index is 5.19. The molecule has 0 heterocycles. The zero-order chi connectivity index (χ0) is 7.98. The van der Waals surface area contributed by atoms with Gasteiger partial charge >= 0.3 is 0 Å².